The van der Waals surface area contributed by atoms with Gasteiger partial charge in [-0.3, -0.25) is 0 Å². The minimum atomic E-state index is -0.333. The van der Waals surface area contributed by atoms with Crippen LogP contribution in [0.25, 0.3) is 0 Å². The number of ether oxygens (including phenoxy) is 1. The molecule has 0 aromatic carbocycles. The Kier molecular flexibility index (Phi) is 5.54. The summed E-state index contributed by atoms with van der Waals surface area (Å²) in [5.41, 5.74) is 0. The highest BCUT2D eigenvalue weighted by Gasteiger charge is 2.15. The summed E-state index contributed by atoms with van der Waals surface area (Å²) in [5.74, 6) is -0.333. The predicted octanol–water partition coefficient (Wildman–Crippen LogP) is 2.32. The van der Waals surface area contributed by atoms with E-state index in [0.717, 1.165) is 6.42 Å². The number of alkyl halides is 1. The van der Waals surface area contributed by atoms with Gasteiger partial charge in [-0.2, -0.15) is 0 Å². The molecule has 2 unspecified atom stereocenters. The van der Waals surface area contributed by atoms with Crippen LogP contribution >= 0.6 is 22.6 Å². The van der Waals surface area contributed by atoms with Gasteiger partial charge >= 0.3 is 5.97 Å². The van der Waals surface area contributed by atoms with Crippen molar-refractivity contribution in [3.63, 3.8) is 0 Å². The number of hydrogen-bond acceptors (Lipinski definition) is 2. The first-order valence-corrected chi connectivity index (χ1v) is 4.83. The van der Waals surface area contributed by atoms with Gasteiger partial charge < -0.3 is 4.74 Å². The number of halogens is 1. The van der Waals surface area contributed by atoms with E-state index in [9.17, 15) is 4.79 Å². The van der Waals surface area contributed by atoms with Crippen LogP contribution in [0.1, 0.15) is 20.3 Å². The first-order valence-electron chi connectivity index (χ1n) is 3.59. The normalized spacial score (nSPS) is 15.2. The summed E-state index contributed by atoms with van der Waals surface area (Å²) in [6.45, 7) is 7.35. The Labute approximate surface area is 81.1 Å². The van der Waals surface area contributed by atoms with E-state index >= 15 is 0 Å². The maximum atomic E-state index is 10.7. The van der Waals surface area contributed by atoms with E-state index in [-0.39, 0.29) is 12.1 Å². The Morgan fingerprint density at radius 3 is 2.64 bits per heavy atom. The van der Waals surface area contributed by atoms with E-state index < -0.39 is 0 Å². The first-order chi connectivity index (χ1) is 5.11. The number of carbonyl (C=O) groups is 1. The van der Waals surface area contributed by atoms with Crippen molar-refractivity contribution in [2.45, 2.75) is 30.3 Å². The van der Waals surface area contributed by atoms with Crippen molar-refractivity contribution in [1.82, 2.24) is 0 Å². The van der Waals surface area contributed by atoms with E-state index in [1.165, 1.54) is 6.08 Å². The van der Waals surface area contributed by atoms with Crippen LogP contribution in [0.2, 0.25) is 0 Å². The van der Waals surface area contributed by atoms with Gasteiger partial charge in [0.2, 0.25) is 0 Å². The average Bonchev–Trinajstić information content (AvgIpc) is 1.99. The molecule has 0 aliphatic rings. The largest absolute Gasteiger partial charge is 0.458 e. The molecule has 0 saturated carbocycles. The number of hydrogen-bond donors (Lipinski definition) is 0. The molecule has 0 radical (unpaired) electrons. The lowest BCUT2D eigenvalue weighted by molar-refractivity contribution is -0.142. The van der Waals surface area contributed by atoms with E-state index in [1.54, 1.807) is 0 Å². The lowest BCUT2D eigenvalue weighted by atomic mass is 10.2. The Hall–Kier alpha value is -0.0600. The second-order valence-electron chi connectivity index (χ2n) is 2.27. The second-order valence-corrected chi connectivity index (χ2v) is 4.23. The smallest absolute Gasteiger partial charge is 0.330 e. The highest BCUT2D eigenvalue weighted by Crippen LogP contribution is 2.12. The third-order valence-electron chi connectivity index (χ3n) is 1.35. The standard InChI is InChI=1S/C8H13IO2/c1-4-7(6(3)9)11-8(10)5-2/h5-7H,2,4H2,1,3H3. The van der Waals surface area contributed by atoms with Gasteiger partial charge in [-0.1, -0.05) is 36.1 Å². The van der Waals surface area contributed by atoms with Gasteiger partial charge in [0.05, 0.1) is 0 Å². The van der Waals surface area contributed by atoms with Crippen molar-refractivity contribution in [3.05, 3.63) is 12.7 Å². The highest BCUT2D eigenvalue weighted by atomic mass is 127. The first kappa shape index (κ1) is 10.9. The lowest BCUT2D eigenvalue weighted by Gasteiger charge is -2.16. The molecule has 0 saturated heterocycles. The molecular formula is C8H13IO2. The molecular weight excluding hydrogens is 255 g/mol. The molecule has 11 heavy (non-hydrogen) atoms. The van der Waals surface area contributed by atoms with Gasteiger partial charge in [-0.05, 0) is 13.3 Å². The van der Waals surface area contributed by atoms with Crippen LogP contribution in [0, 0.1) is 0 Å². The maximum Gasteiger partial charge on any atom is 0.330 e. The fraction of sp³-hybridized carbons (Fsp3) is 0.625. The summed E-state index contributed by atoms with van der Waals surface area (Å²) >= 11 is 2.24. The molecule has 0 aliphatic carbocycles. The molecule has 0 amide bonds. The zero-order valence-electron chi connectivity index (χ0n) is 6.84. The fourth-order valence-electron chi connectivity index (χ4n) is 0.699. The SMILES string of the molecule is C=CC(=O)OC(CC)C(C)I. The lowest BCUT2D eigenvalue weighted by Crippen LogP contribution is -2.23. The Morgan fingerprint density at radius 1 is 1.82 bits per heavy atom. The monoisotopic (exact) mass is 268 g/mol. The van der Waals surface area contributed by atoms with Gasteiger partial charge in [-0.25, -0.2) is 4.79 Å². The molecule has 0 aliphatic heterocycles. The van der Waals surface area contributed by atoms with Crippen LogP contribution in [-0.4, -0.2) is 16.0 Å². The van der Waals surface area contributed by atoms with Crippen molar-refractivity contribution in [1.29, 1.82) is 0 Å². The van der Waals surface area contributed by atoms with E-state index in [0.29, 0.717) is 3.92 Å². The Morgan fingerprint density at radius 2 is 2.36 bits per heavy atom. The zero-order chi connectivity index (χ0) is 8.85. The number of esters is 1. The van der Waals surface area contributed by atoms with E-state index in [1.807, 2.05) is 13.8 Å². The van der Waals surface area contributed by atoms with Gasteiger partial charge in [0.25, 0.3) is 0 Å². The molecule has 0 rings (SSSR count). The van der Waals surface area contributed by atoms with Crippen molar-refractivity contribution in [3.8, 4) is 0 Å². The highest BCUT2D eigenvalue weighted by molar-refractivity contribution is 14.1. The minimum Gasteiger partial charge on any atom is -0.458 e. The quantitative estimate of drug-likeness (QED) is 0.338. The summed E-state index contributed by atoms with van der Waals surface area (Å²) in [7, 11) is 0. The maximum absolute atomic E-state index is 10.7. The van der Waals surface area contributed by atoms with E-state index in [4.69, 9.17) is 4.74 Å². The summed E-state index contributed by atoms with van der Waals surface area (Å²) in [6, 6.07) is 0. The van der Waals surface area contributed by atoms with Crippen molar-refractivity contribution in [2.75, 3.05) is 0 Å². The van der Waals surface area contributed by atoms with Crippen molar-refractivity contribution in [2.24, 2.45) is 0 Å². The Balaban J connectivity index is 3.87. The second kappa shape index (κ2) is 5.57. The van der Waals surface area contributed by atoms with Gasteiger partial charge in [-0.15, -0.1) is 0 Å². The van der Waals surface area contributed by atoms with Crippen LogP contribution in [0.3, 0.4) is 0 Å². The molecule has 3 heteroatoms. The third-order valence-corrected chi connectivity index (χ3v) is 2.15. The van der Waals surface area contributed by atoms with Crippen LogP contribution < -0.4 is 0 Å². The van der Waals surface area contributed by atoms with Crippen LogP contribution in [-0.2, 0) is 9.53 Å². The molecule has 64 valence electrons. The average molecular weight is 268 g/mol. The van der Waals surface area contributed by atoms with E-state index in [2.05, 4.69) is 29.2 Å². The minimum absolute atomic E-state index is 0.0149. The number of carbonyl (C=O) groups excluding carboxylic acids is 1. The number of rotatable bonds is 4. The fourth-order valence-corrected chi connectivity index (χ4v) is 1.35. The molecule has 0 aromatic rings. The van der Waals surface area contributed by atoms with Crippen LogP contribution in [0.15, 0.2) is 12.7 Å². The zero-order valence-corrected chi connectivity index (χ0v) is 9.00. The summed E-state index contributed by atoms with van der Waals surface area (Å²) < 4.78 is 5.39. The molecule has 0 bridgehead atoms. The molecule has 2 atom stereocenters. The van der Waals surface area contributed by atoms with Gasteiger partial charge in [0.1, 0.15) is 6.10 Å². The molecule has 0 N–H and O–H groups in total. The molecule has 2 nitrogen and oxygen atoms in total. The van der Waals surface area contributed by atoms with Crippen LogP contribution in [0.4, 0.5) is 0 Å². The topological polar surface area (TPSA) is 26.3 Å². The Bertz CT molecular complexity index is 143. The summed E-state index contributed by atoms with van der Waals surface area (Å²) in [6.07, 6.45) is 2.06. The van der Waals surface area contributed by atoms with Crippen LogP contribution in [0.5, 0.6) is 0 Å². The predicted molar refractivity (Wildman–Crippen MR) is 53.9 cm³/mol. The summed E-state index contributed by atoms with van der Waals surface area (Å²) in [5, 5.41) is 0. The molecule has 0 spiro atoms. The van der Waals surface area contributed by atoms with Crippen molar-refractivity contribution >= 4 is 28.6 Å². The summed E-state index contributed by atoms with van der Waals surface area (Å²) in [4.78, 5) is 10.7. The van der Waals surface area contributed by atoms with Gasteiger partial charge in [0.15, 0.2) is 0 Å². The van der Waals surface area contributed by atoms with Gasteiger partial charge in [0, 0.05) is 10.0 Å². The molecule has 0 heterocycles. The molecule has 0 aromatic heterocycles. The molecule has 0 fully saturated rings. The third kappa shape index (κ3) is 4.40. The van der Waals surface area contributed by atoms with Crippen molar-refractivity contribution < 1.29 is 9.53 Å².